The van der Waals surface area contributed by atoms with Crippen molar-refractivity contribution >= 4 is 11.3 Å². The molecule has 0 aromatic carbocycles. The molecular formula is C11H18N2OS. The lowest BCUT2D eigenvalue weighted by atomic mass is 9.77. The van der Waals surface area contributed by atoms with Gasteiger partial charge >= 0.3 is 0 Å². The van der Waals surface area contributed by atoms with E-state index in [1.54, 1.807) is 18.4 Å². The van der Waals surface area contributed by atoms with E-state index in [9.17, 15) is 0 Å². The fourth-order valence-corrected chi connectivity index (χ4v) is 3.29. The maximum atomic E-state index is 6.16. The highest BCUT2D eigenvalue weighted by Crippen LogP contribution is 2.41. The van der Waals surface area contributed by atoms with Crippen LogP contribution in [-0.2, 0) is 17.8 Å². The van der Waals surface area contributed by atoms with Crippen LogP contribution in [0.15, 0.2) is 0 Å². The topological polar surface area (TPSA) is 48.1 Å². The molecule has 1 unspecified atom stereocenters. The van der Waals surface area contributed by atoms with E-state index in [-0.39, 0.29) is 11.5 Å². The van der Waals surface area contributed by atoms with Crippen molar-refractivity contribution in [1.82, 2.24) is 4.98 Å². The standard InChI is InChI=1S/C11H18N2OS/c1-11(2)4-7(12)10-8(5-11)13-9(15-10)6-14-3/h7H,4-6,12H2,1-3H3. The fourth-order valence-electron chi connectivity index (χ4n) is 2.23. The van der Waals surface area contributed by atoms with Crippen molar-refractivity contribution < 1.29 is 4.74 Å². The van der Waals surface area contributed by atoms with Crippen LogP contribution in [0, 0.1) is 5.41 Å². The summed E-state index contributed by atoms with van der Waals surface area (Å²) in [6.07, 6.45) is 2.09. The molecule has 2 rings (SSSR count). The van der Waals surface area contributed by atoms with Crippen LogP contribution in [0.3, 0.4) is 0 Å². The highest BCUT2D eigenvalue weighted by Gasteiger charge is 2.33. The maximum Gasteiger partial charge on any atom is 0.119 e. The molecule has 15 heavy (non-hydrogen) atoms. The van der Waals surface area contributed by atoms with Gasteiger partial charge in [-0.3, -0.25) is 0 Å². The second-order valence-corrected chi connectivity index (χ2v) is 6.12. The zero-order chi connectivity index (χ0) is 11.1. The lowest BCUT2D eigenvalue weighted by Crippen LogP contribution is -2.28. The Morgan fingerprint density at radius 3 is 3.00 bits per heavy atom. The number of nitrogens with two attached hydrogens (primary N) is 1. The Morgan fingerprint density at radius 1 is 1.60 bits per heavy atom. The van der Waals surface area contributed by atoms with Crippen LogP contribution in [0.5, 0.6) is 0 Å². The molecule has 84 valence electrons. The third kappa shape index (κ3) is 2.22. The van der Waals surface area contributed by atoms with Gasteiger partial charge in [-0.1, -0.05) is 13.8 Å². The van der Waals surface area contributed by atoms with E-state index >= 15 is 0 Å². The minimum absolute atomic E-state index is 0.159. The summed E-state index contributed by atoms with van der Waals surface area (Å²) >= 11 is 1.71. The third-order valence-electron chi connectivity index (χ3n) is 2.79. The summed E-state index contributed by atoms with van der Waals surface area (Å²) in [6.45, 7) is 5.11. The summed E-state index contributed by atoms with van der Waals surface area (Å²) in [7, 11) is 1.70. The van der Waals surface area contributed by atoms with Gasteiger partial charge in [0.25, 0.3) is 0 Å². The molecular weight excluding hydrogens is 208 g/mol. The first-order chi connectivity index (χ1) is 7.02. The predicted molar refractivity (Wildman–Crippen MR) is 61.9 cm³/mol. The van der Waals surface area contributed by atoms with Crippen molar-refractivity contribution in [3.8, 4) is 0 Å². The number of nitrogens with zero attached hydrogens (tertiary/aromatic N) is 1. The number of ether oxygens (including phenoxy) is 1. The molecule has 1 aromatic heterocycles. The van der Waals surface area contributed by atoms with Crippen molar-refractivity contribution in [2.75, 3.05) is 7.11 Å². The maximum absolute atomic E-state index is 6.16. The first-order valence-electron chi connectivity index (χ1n) is 5.25. The molecule has 0 spiro atoms. The van der Waals surface area contributed by atoms with Gasteiger partial charge in [0.2, 0.25) is 0 Å². The highest BCUT2D eigenvalue weighted by molar-refractivity contribution is 7.11. The zero-order valence-electron chi connectivity index (χ0n) is 9.54. The zero-order valence-corrected chi connectivity index (χ0v) is 10.4. The number of aromatic nitrogens is 1. The Labute approximate surface area is 94.7 Å². The van der Waals surface area contributed by atoms with E-state index < -0.39 is 0 Å². The average molecular weight is 226 g/mol. The molecule has 2 N–H and O–H groups in total. The molecule has 0 saturated heterocycles. The van der Waals surface area contributed by atoms with E-state index in [4.69, 9.17) is 10.5 Å². The number of fused-ring (bicyclic) bond motifs is 1. The van der Waals surface area contributed by atoms with Crippen molar-refractivity contribution in [3.05, 3.63) is 15.6 Å². The van der Waals surface area contributed by atoms with Crippen LogP contribution in [0.25, 0.3) is 0 Å². The molecule has 1 aromatic rings. The van der Waals surface area contributed by atoms with Crippen LogP contribution in [0.1, 0.15) is 41.9 Å². The van der Waals surface area contributed by atoms with Crippen LogP contribution in [0.4, 0.5) is 0 Å². The van der Waals surface area contributed by atoms with Crippen LogP contribution < -0.4 is 5.73 Å². The smallest absolute Gasteiger partial charge is 0.119 e. The first-order valence-corrected chi connectivity index (χ1v) is 6.06. The average Bonchev–Trinajstić information content (AvgIpc) is 2.46. The summed E-state index contributed by atoms with van der Waals surface area (Å²) in [5.74, 6) is 0. The van der Waals surface area contributed by atoms with Gasteiger partial charge in [0.15, 0.2) is 0 Å². The number of hydrogen-bond donors (Lipinski definition) is 1. The summed E-state index contributed by atoms with van der Waals surface area (Å²) in [5, 5.41) is 1.05. The highest BCUT2D eigenvalue weighted by atomic mass is 32.1. The Bertz CT molecular complexity index is 359. The fraction of sp³-hybridized carbons (Fsp3) is 0.727. The molecule has 3 nitrogen and oxygen atoms in total. The Morgan fingerprint density at radius 2 is 2.33 bits per heavy atom. The monoisotopic (exact) mass is 226 g/mol. The number of rotatable bonds is 2. The van der Waals surface area contributed by atoms with Gasteiger partial charge in [0.1, 0.15) is 5.01 Å². The second-order valence-electron chi connectivity index (χ2n) is 5.00. The predicted octanol–water partition coefficient (Wildman–Crippen LogP) is 2.26. The van der Waals surface area contributed by atoms with Gasteiger partial charge in [-0.15, -0.1) is 11.3 Å². The van der Waals surface area contributed by atoms with Gasteiger partial charge < -0.3 is 10.5 Å². The molecule has 1 heterocycles. The van der Waals surface area contributed by atoms with E-state index in [2.05, 4.69) is 18.8 Å². The molecule has 0 aliphatic heterocycles. The molecule has 0 fully saturated rings. The van der Waals surface area contributed by atoms with Gasteiger partial charge in [-0.25, -0.2) is 4.98 Å². The molecule has 0 saturated carbocycles. The van der Waals surface area contributed by atoms with Crippen LogP contribution >= 0.6 is 11.3 Å². The van der Waals surface area contributed by atoms with Crippen LogP contribution in [-0.4, -0.2) is 12.1 Å². The third-order valence-corrected chi connectivity index (χ3v) is 4.00. The normalized spacial score (nSPS) is 23.9. The van der Waals surface area contributed by atoms with Gasteiger partial charge in [0, 0.05) is 18.0 Å². The van der Waals surface area contributed by atoms with E-state index in [0.717, 1.165) is 17.8 Å². The summed E-state index contributed by atoms with van der Waals surface area (Å²) < 4.78 is 5.10. The van der Waals surface area contributed by atoms with Crippen molar-refractivity contribution in [2.45, 2.75) is 39.3 Å². The largest absolute Gasteiger partial charge is 0.378 e. The Balaban J connectivity index is 2.30. The molecule has 0 radical (unpaired) electrons. The number of thiazole rings is 1. The van der Waals surface area contributed by atoms with Crippen molar-refractivity contribution in [2.24, 2.45) is 11.1 Å². The SMILES string of the molecule is COCc1nc2c(s1)C(N)CC(C)(C)C2. The molecule has 0 bridgehead atoms. The van der Waals surface area contributed by atoms with E-state index in [1.807, 2.05) is 0 Å². The van der Waals surface area contributed by atoms with Gasteiger partial charge in [0.05, 0.1) is 12.3 Å². The number of methoxy groups -OCH3 is 1. The number of hydrogen-bond acceptors (Lipinski definition) is 4. The van der Waals surface area contributed by atoms with Gasteiger partial charge in [-0.05, 0) is 18.3 Å². The molecule has 1 atom stereocenters. The summed E-state index contributed by atoms with van der Waals surface area (Å²) in [6, 6.07) is 0.159. The lowest BCUT2D eigenvalue weighted by molar-refractivity contribution is 0.184. The van der Waals surface area contributed by atoms with E-state index in [1.165, 1.54) is 10.6 Å². The van der Waals surface area contributed by atoms with Crippen molar-refractivity contribution in [3.63, 3.8) is 0 Å². The Kier molecular flexibility index (Phi) is 2.83. The van der Waals surface area contributed by atoms with Gasteiger partial charge in [-0.2, -0.15) is 0 Å². The summed E-state index contributed by atoms with van der Waals surface area (Å²) in [4.78, 5) is 5.87. The summed E-state index contributed by atoms with van der Waals surface area (Å²) in [5.41, 5.74) is 7.63. The minimum atomic E-state index is 0.159. The van der Waals surface area contributed by atoms with Crippen molar-refractivity contribution in [1.29, 1.82) is 0 Å². The molecule has 0 amide bonds. The minimum Gasteiger partial charge on any atom is -0.378 e. The molecule has 1 aliphatic rings. The Hall–Kier alpha value is -0.450. The second kappa shape index (κ2) is 3.85. The lowest BCUT2D eigenvalue weighted by Gasteiger charge is -2.32. The van der Waals surface area contributed by atoms with Crippen LogP contribution in [0.2, 0.25) is 0 Å². The molecule has 4 heteroatoms. The van der Waals surface area contributed by atoms with E-state index in [0.29, 0.717) is 6.61 Å². The molecule has 1 aliphatic carbocycles. The quantitative estimate of drug-likeness (QED) is 0.841. The first kappa shape index (κ1) is 11.0.